The van der Waals surface area contributed by atoms with Crippen LogP contribution >= 0.6 is 11.8 Å². The third kappa shape index (κ3) is 5.00. The first kappa shape index (κ1) is 16.8. The molecule has 21 heavy (non-hydrogen) atoms. The molecule has 0 amide bonds. The molecule has 0 heterocycles. The molecule has 3 unspecified atom stereocenters. The minimum Gasteiger partial charge on any atom is -0.306 e. The maximum atomic E-state index is 13.1. The molecule has 1 aliphatic carbocycles. The van der Waals surface area contributed by atoms with Crippen LogP contribution in [-0.4, -0.2) is 17.0 Å². The fraction of sp³-hybridized carbons (Fsp3) is 0.667. The van der Waals surface area contributed by atoms with Crippen molar-refractivity contribution in [3.05, 3.63) is 35.6 Å². The van der Waals surface area contributed by atoms with Gasteiger partial charge in [-0.1, -0.05) is 45.2 Å². The van der Waals surface area contributed by atoms with E-state index in [0.717, 1.165) is 11.7 Å². The van der Waals surface area contributed by atoms with Crippen LogP contribution in [0.3, 0.4) is 0 Å². The maximum absolute atomic E-state index is 13.1. The van der Waals surface area contributed by atoms with Crippen molar-refractivity contribution in [2.24, 2.45) is 0 Å². The van der Waals surface area contributed by atoms with Gasteiger partial charge in [0.1, 0.15) is 5.82 Å². The van der Waals surface area contributed by atoms with Gasteiger partial charge in [0.05, 0.1) is 0 Å². The van der Waals surface area contributed by atoms with Crippen molar-refractivity contribution in [1.29, 1.82) is 0 Å². The van der Waals surface area contributed by atoms with Crippen LogP contribution in [0.25, 0.3) is 0 Å². The largest absolute Gasteiger partial charge is 0.306 e. The van der Waals surface area contributed by atoms with Crippen LogP contribution in [-0.2, 0) is 0 Å². The van der Waals surface area contributed by atoms with Gasteiger partial charge in [0.15, 0.2) is 0 Å². The Morgan fingerprint density at radius 1 is 1.24 bits per heavy atom. The van der Waals surface area contributed by atoms with Gasteiger partial charge in [-0.2, -0.15) is 11.8 Å². The summed E-state index contributed by atoms with van der Waals surface area (Å²) in [5.74, 6) is 1.05. The Kier molecular flexibility index (Phi) is 7.05. The average Bonchev–Trinajstić information content (AvgIpc) is 2.92. The molecule has 2 rings (SSSR count). The Morgan fingerprint density at radius 2 is 2.00 bits per heavy atom. The van der Waals surface area contributed by atoms with Gasteiger partial charge in [-0.15, -0.1) is 0 Å². The van der Waals surface area contributed by atoms with Crippen molar-refractivity contribution in [1.82, 2.24) is 5.32 Å². The zero-order valence-corrected chi connectivity index (χ0v) is 14.1. The lowest BCUT2D eigenvalue weighted by Crippen LogP contribution is -2.37. The highest BCUT2D eigenvalue weighted by molar-refractivity contribution is 7.99. The molecule has 1 aromatic carbocycles. The third-order valence-corrected chi connectivity index (χ3v) is 5.69. The second-order valence-corrected chi connectivity index (χ2v) is 7.46. The van der Waals surface area contributed by atoms with Gasteiger partial charge < -0.3 is 5.32 Å². The highest BCUT2D eigenvalue weighted by Crippen LogP contribution is 2.32. The average molecular weight is 309 g/mol. The summed E-state index contributed by atoms with van der Waals surface area (Å²) in [4.78, 5) is 0. The fourth-order valence-corrected chi connectivity index (χ4v) is 4.45. The molecule has 1 aliphatic rings. The number of rotatable bonds is 8. The van der Waals surface area contributed by atoms with Crippen LogP contribution in [0.1, 0.15) is 64.0 Å². The van der Waals surface area contributed by atoms with Gasteiger partial charge in [0.2, 0.25) is 0 Å². The molecule has 1 N–H and O–H groups in total. The third-order valence-electron chi connectivity index (χ3n) is 4.37. The first-order chi connectivity index (χ1) is 10.2. The van der Waals surface area contributed by atoms with Crippen molar-refractivity contribution in [2.75, 3.05) is 5.75 Å². The fourth-order valence-electron chi connectivity index (χ4n) is 3.24. The van der Waals surface area contributed by atoms with Crippen LogP contribution in [0.15, 0.2) is 24.3 Å². The molecular weight excluding hydrogens is 281 g/mol. The second kappa shape index (κ2) is 8.79. The minimum absolute atomic E-state index is 0.145. The minimum atomic E-state index is -0.145. The van der Waals surface area contributed by atoms with Crippen molar-refractivity contribution >= 4 is 11.8 Å². The number of thioether (sulfide) groups is 1. The number of hydrogen-bond donors (Lipinski definition) is 1. The number of halogens is 1. The van der Waals surface area contributed by atoms with Gasteiger partial charge in [0.25, 0.3) is 0 Å². The van der Waals surface area contributed by atoms with Gasteiger partial charge in [-0.05, 0) is 42.7 Å². The molecule has 118 valence electrons. The Bertz CT molecular complexity index is 406. The summed E-state index contributed by atoms with van der Waals surface area (Å²) in [7, 11) is 0. The van der Waals surface area contributed by atoms with E-state index in [4.69, 9.17) is 0 Å². The molecule has 3 atom stereocenters. The van der Waals surface area contributed by atoms with E-state index in [0.29, 0.717) is 12.1 Å². The van der Waals surface area contributed by atoms with E-state index in [9.17, 15) is 4.39 Å². The summed E-state index contributed by atoms with van der Waals surface area (Å²) in [5.41, 5.74) is 1.23. The number of hydrogen-bond acceptors (Lipinski definition) is 2. The molecule has 1 nitrogen and oxygen atoms in total. The van der Waals surface area contributed by atoms with Gasteiger partial charge in [-0.25, -0.2) is 4.39 Å². The normalized spacial score (nSPS) is 23.4. The molecule has 0 aromatic heterocycles. The summed E-state index contributed by atoms with van der Waals surface area (Å²) in [6.07, 6.45) is 7.51. The van der Waals surface area contributed by atoms with Gasteiger partial charge in [-0.3, -0.25) is 0 Å². The molecule has 1 saturated carbocycles. The molecule has 0 bridgehead atoms. The van der Waals surface area contributed by atoms with E-state index in [2.05, 4.69) is 30.9 Å². The Labute approximate surface area is 133 Å². The second-order valence-electron chi connectivity index (χ2n) is 5.94. The molecule has 0 saturated heterocycles. The van der Waals surface area contributed by atoms with Crippen molar-refractivity contribution < 1.29 is 4.39 Å². The molecule has 3 heteroatoms. The molecule has 0 spiro atoms. The maximum Gasteiger partial charge on any atom is 0.123 e. The quantitative estimate of drug-likeness (QED) is 0.697. The lowest BCUT2D eigenvalue weighted by molar-refractivity contribution is 0.414. The summed E-state index contributed by atoms with van der Waals surface area (Å²) < 4.78 is 13.1. The zero-order valence-electron chi connectivity index (χ0n) is 13.3. The smallest absolute Gasteiger partial charge is 0.123 e. The zero-order chi connectivity index (χ0) is 15.1. The van der Waals surface area contributed by atoms with Gasteiger partial charge >= 0.3 is 0 Å². The molecule has 0 radical (unpaired) electrons. The van der Waals surface area contributed by atoms with E-state index < -0.39 is 0 Å². The van der Waals surface area contributed by atoms with Crippen molar-refractivity contribution in [3.63, 3.8) is 0 Å². The predicted molar refractivity (Wildman–Crippen MR) is 91.4 cm³/mol. The topological polar surface area (TPSA) is 12.0 Å². The lowest BCUT2D eigenvalue weighted by atomic mass is 9.99. The van der Waals surface area contributed by atoms with Crippen molar-refractivity contribution in [2.45, 2.75) is 69.7 Å². The van der Waals surface area contributed by atoms with E-state index in [1.165, 1.54) is 43.4 Å². The highest BCUT2D eigenvalue weighted by Gasteiger charge is 2.29. The summed E-state index contributed by atoms with van der Waals surface area (Å²) in [6, 6.07) is 8.04. The summed E-state index contributed by atoms with van der Waals surface area (Å²) in [5, 5.41) is 4.63. The van der Waals surface area contributed by atoms with Crippen LogP contribution < -0.4 is 5.32 Å². The van der Waals surface area contributed by atoms with Crippen LogP contribution in [0.4, 0.5) is 4.39 Å². The van der Waals surface area contributed by atoms with E-state index in [1.807, 2.05) is 12.1 Å². The molecule has 1 fully saturated rings. The predicted octanol–water partition coefficient (Wildman–Crippen LogP) is 5.32. The summed E-state index contributed by atoms with van der Waals surface area (Å²) in [6.45, 7) is 4.47. The molecular formula is C18H28FNS. The monoisotopic (exact) mass is 309 g/mol. The lowest BCUT2D eigenvalue weighted by Gasteiger charge is -2.27. The van der Waals surface area contributed by atoms with Crippen molar-refractivity contribution in [3.8, 4) is 0 Å². The highest BCUT2D eigenvalue weighted by atomic mass is 32.2. The number of unbranched alkanes of at least 4 members (excludes halogenated alkanes) is 1. The van der Waals surface area contributed by atoms with E-state index in [1.54, 1.807) is 12.1 Å². The number of nitrogens with one attached hydrogen (secondary N) is 1. The first-order valence-electron chi connectivity index (χ1n) is 8.37. The summed E-state index contributed by atoms with van der Waals surface area (Å²) >= 11 is 2.09. The first-order valence-corrected chi connectivity index (χ1v) is 9.42. The van der Waals surface area contributed by atoms with Crippen LogP contribution in [0, 0.1) is 5.82 Å². The Morgan fingerprint density at radius 3 is 2.67 bits per heavy atom. The van der Waals surface area contributed by atoms with E-state index in [-0.39, 0.29) is 5.82 Å². The Balaban J connectivity index is 2.03. The Hall–Kier alpha value is -0.540. The van der Waals surface area contributed by atoms with Gasteiger partial charge in [0, 0.05) is 17.3 Å². The standard InChI is InChI=1S/C18H28FNS/c1-3-5-7-16(14-10-12-15(19)13-11-14)20-17-8-6-9-18(17)21-4-2/h10-13,16-18,20H,3-9H2,1-2H3. The molecule has 1 aromatic rings. The van der Waals surface area contributed by atoms with Crippen LogP contribution in [0.5, 0.6) is 0 Å². The van der Waals surface area contributed by atoms with Crippen LogP contribution in [0.2, 0.25) is 0 Å². The SMILES string of the molecule is CCCCC(NC1CCCC1SCC)c1ccc(F)cc1. The molecule has 0 aliphatic heterocycles. The van der Waals surface area contributed by atoms with E-state index >= 15 is 0 Å². The number of benzene rings is 1.